The topological polar surface area (TPSA) is 36.0 Å². The fourth-order valence-electron chi connectivity index (χ4n) is 4.29. The van der Waals surface area contributed by atoms with Gasteiger partial charge in [0, 0.05) is 38.4 Å². The van der Waals surface area contributed by atoms with Crippen LogP contribution < -0.4 is 9.64 Å². The molecule has 2 aliphatic heterocycles. The van der Waals surface area contributed by atoms with Crippen molar-refractivity contribution >= 4 is 11.7 Å². The molecule has 2 saturated heterocycles. The van der Waals surface area contributed by atoms with Crippen molar-refractivity contribution in [2.24, 2.45) is 0 Å². The first-order valence-corrected chi connectivity index (χ1v) is 10.4. The van der Waals surface area contributed by atoms with E-state index in [4.69, 9.17) is 4.74 Å². The summed E-state index contributed by atoms with van der Waals surface area (Å²) in [5, 5.41) is 0. The number of carbonyl (C=O) groups excluding carboxylic acids is 1. The highest BCUT2D eigenvalue weighted by atomic mass is 16.5. The van der Waals surface area contributed by atoms with Gasteiger partial charge in [-0.15, -0.1) is 0 Å². The van der Waals surface area contributed by atoms with E-state index in [1.54, 1.807) is 0 Å². The molecule has 0 unspecified atom stereocenters. The number of amides is 2. The quantitative estimate of drug-likeness (QED) is 0.629. The predicted octanol–water partition coefficient (Wildman–Crippen LogP) is 4.61. The highest BCUT2D eigenvalue weighted by Gasteiger charge is 2.41. The van der Waals surface area contributed by atoms with Crippen LogP contribution in [0.4, 0.5) is 10.5 Å². The summed E-state index contributed by atoms with van der Waals surface area (Å²) in [5.41, 5.74) is 2.24. The van der Waals surface area contributed by atoms with Crippen LogP contribution in [-0.4, -0.2) is 48.1 Å². The van der Waals surface area contributed by atoms with E-state index < -0.39 is 0 Å². The molecule has 0 aliphatic carbocycles. The van der Waals surface area contributed by atoms with Gasteiger partial charge < -0.3 is 9.64 Å². The Balaban J connectivity index is 1.24. The zero-order chi connectivity index (χ0) is 20.3. The van der Waals surface area contributed by atoms with Crippen molar-refractivity contribution in [3.8, 4) is 11.5 Å². The summed E-state index contributed by atoms with van der Waals surface area (Å²) in [6.07, 6.45) is 0. The van der Waals surface area contributed by atoms with Gasteiger partial charge in [-0.3, -0.25) is 9.80 Å². The second kappa shape index (κ2) is 8.20. The average Bonchev–Trinajstić information content (AvgIpc) is 3.11. The van der Waals surface area contributed by atoms with Crippen LogP contribution in [-0.2, 0) is 6.54 Å². The third kappa shape index (κ3) is 3.89. The smallest absolute Gasteiger partial charge is 0.324 e. The van der Waals surface area contributed by atoms with E-state index in [0.29, 0.717) is 0 Å². The minimum Gasteiger partial charge on any atom is -0.457 e. The van der Waals surface area contributed by atoms with E-state index in [-0.39, 0.29) is 12.1 Å². The third-order valence-corrected chi connectivity index (χ3v) is 5.81. The van der Waals surface area contributed by atoms with Crippen molar-refractivity contribution in [2.75, 3.05) is 31.1 Å². The monoisotopic (exact) mass is 399 g/mol. The number of hydrogen-bond donors (Lipinski definition) is 0. The van der Waals surface area contributed by atoms with Gasteiger partial charge in [-0.2, -0.15) is 0 Å². The van der Waals surface area contributed by atoms with Crippen molar-refractivity contribution < 1.29 is 9.53 Å². The van der Waals surface area contributed by atoms with Gasteiger partial charge in [-0.25, -0.2) is 4.79 Å². The molecule has 152 valence electrons. The Bertz CT molecular complexity index is 992. The molecule has 2 fully saturated rings. The summed E-state index contributed by atoms with van der Waals surface area (Å²) in [7, 11) is 0. The number of benzene rings is 3. The number of carbonyl (C=O) groups is 1. The standard InChI is InChI=1S/C25H25N3O2/c29-25-27-16-15-26(17-20-7-3-1-4-8-20)18-22(27)19-28(25)21-11-13-24(14-12-21)30-23-9-5-2-6-10-23/h1-14,22H,15-19H2/t22-/m0/s1. The van der Waals surface area contributed by atoms with Crippen molar-refractivity contribution in [1.82, 2.24) is 9.80 Å². The Morgan fingerprint density at radius 3 is 2.17 bits per heavy atom. The molecule has 2 aliphatic rings. The lowest BCUT2D eigenvalue weighted by atomic mass is 10.1. The number of para-hydroxylation sites is 1. The van der Waals surface area contributed by atoms with Gasteiger partial charge >= 0.3 is 6.03 Å². The van der Waals surface area contributed by atoms with Gasteiger partial charge in [0.1, 0.15) is 11.5 Å². The molecule has 0 spiro atoms. The van der Waals surface area contributed by atoms with E-state index in [9.17, 15) is 4.79 Å². The van der Waals surface area contributed by atoms with Crippen LogP contribution in [0.25, 0.3) is 0 Å². The molecule has 30 heavy (non-hydrogen) atoms. The van der Waals surface area contributed by atoms with Crippen LogP contribution in [0.2, 0.25) is 0 Å². The second-order valence-electron chi connectivity index (χ2n) is 7.87. The number of piperazine rings is 1. The lowest BCUT2D eigenvalue weighted by molar-refractivity contribution is 0.116. The fourth-order valence-corrected chi connectivity index (χ4v) is 4.29. The molecule has 0 bridgehead atoms. The number of hydrogen-bond acceptors (Lipinski definition) is 3. The Hall–Kier alpha value is -3.31. The Kier molecular flexibility index (Phi) is 5.11. The Labute approximate surface area is 177 Å². The van der Waals surface area contributed by atoms with Crippen LogP contribution >= 0.6 is 0 Å². The molecule has 0 N–H and O–H groups in total. The number of nitrogens with zero attached hydrogens (tertiary/aromatic N) is 3. The molecule has 2 heterocycles. The highest BCUT2D eigenvalue weighted by molar-refractivity contribution is 5.94. The molecule has 5 heteroatoms. The highest BCUT2D eigenvalue weighted by Crippen LogP contribution is 2.29. The first-order valence-electron chi connectivity index (χ1n) is 10.4. The van der Waals surface area contributed by atoms with Crippen LogP contribution in [0.15, 0.2) is 84.9 Å². The molecule has 2 amide bonds. The molecule has 5 nitrogen and oxygen atoms in total. The average molecular weight is 399 g/mol. The van der Waals surface area contributed by atoms with E-state index in [1.807, 2.05) is 70.5 Å². The summed E-state index contributed by atoms with van der Waals surface area (Å²) >= 11 is 0. The summed E-state index contributed by atoms with van der Waals surface area (Å²) in [6, 6.07) is 28.4. The molecule has 3 aromatic rings. The third-order valence-electron chi connectivity index (χ3n) is 5.81. The molecule has 1 atom stereocenters. The van der Waals surface area contributed by atoms with Gasteiger partial charge in [0.2, 0.25) is 0 Å². The minimum absolute atomic E-state index is 0.107. The molecule has 0 saturated carbocycles. The number of urea groups is 1. The lowest BCUT2D eigenvalue weighted by Gasteiger charge is -2.36. The maximum atomic E-state index is 13.0. The van der Waals surface area contributed by atoms with E-state index in [0.717, 1.165) is 49.9 Å². The molecule has 0 radical (unpaired) electrons. The largest absolute Gasteiger partial charge is 0.457 e. The summed E-state index contributed by atoms with van der Waals surface area (Å²) in [5.74, 6) is 1.57. The van der Waals surface area contributed by atoms with Crippen LogP contribution in [0, 0.1) is 0 Å². The van der Waals surface area contributed by atoms with Crippen LogP contribution in [0.1, 0.15) is 5.56 Å². The fraction of sp³-hybridized carbons (Fsp3) is 0.240. The van der Waals surface area contributed by atoms with Crippen molar-refractivity contribution in [2.45, 2.75) is 12.6 Å². The van der Waals surface area contributed by atoms with Gasteiger partial charge in [-0.1, -0.05) is 48.5 Å². The molecule has 3 aromatic carbocycles. The summed E-state index contributed by atoms with van der Waals surface area (Å²) < 4.78 is 5.87. The molecule has 5 rings (SSSR count). The first-order chi connectivity index (χ1) is 14.8. The van der Waals surface area contributed by atoms with Gasteiger partial charge in [-0.05, 0) is 42.0 Å². The van der Waals surface area contributed by atoms with Crippen molar-refractivity contribution in [3.05, 3.63) is 90.5 Å². The number of anilines is 1. The zero-order valence-electron chi connectivity index (χ0n) is 16.9. The van der Waals surface area contributed by atoms with Crippen LogP contribution in [0.3, 0.4) is 0 Å². The second-order valence-corrected chi connectivity index (χ2v) is 7.87. The van der Waals surface area contributed by atoms with Gasteiger partial charge in [0.25, 0.3) is 0 Å². The Morgan fingerprint density at radius 1 is 0.767 bits per heavy atom. The zero-order valence-corrected chi connectivity index (χ0v) is 16.9. The van der Waals surface area contributed by atoms with E-state index >= 15 is 0 Å². The minimum atomic E-state index is 0.107. The van der Waals surface area contributed by atoms with E-state index in [1.165, 1.54) is 5.56 Å². The van der Waals surface area contributed by atoms with Gasteiger partial charge in [0.15, 0.2) is 0 Å². The normalized spacial score (nSPS) is 19.1. The Morgan fingerprint density at radius 2 is 1.43 bits per heavy atom. The molecular weight excluding hydrogens is 374 g/mol. The van der Waals surface area contributed by atoms with Gasteiger partial charge in [0.05, 0.1) is 6.04 Å². The SMILES string of the molecule is O=C1N(c2ccc(Oc3ccccc3)cc2)C[C@@H]2CN(Cc3ccccc3)CCN12. The molecular formula is C25H25N3O2. The maximum Gasteiger partial charge on any atom is 0.324 e. The van der Waals surface area contributed by atoms with E-state index in [2.05, 4.69) is 29.2 Å². The number of ether oxygens (including phenoxy) is 1. The molecule has 0 aromatic heterocycles. The first kappa shape index (κ1) is 18.7. The summed E-state index contributed by atoms with van der Waals surface area (Å²) in [4.78, 5) is 19.3. The predicted molar refractivity (Wildman–Crippen MR) is 118 cm³/mol. The maximum absolute atomic E-state index is 13.0. The van der Waals surface area contributed by atoms with Crippen molar-refractivity contribution in [3.63, 3.8) is 0 Å². The number of rotatable bonds is 5. The van der Waals surface area contributed by atoms with Crippen molar-refractivity contribution in [1.29, 1.82) is 0 Å². The van der Waals surface area contributed by atoms with Crippen LogP contribution in [0.5, 0.6) is 11.5 Å². The summed E-state index contributed by atoms with van der Waals surface area (Å²) in [6.45, 7) is 4.26. The number of fused-ring (bicyclic) bond motifs is 1. The lowest BCUT2D eigenvalue weighted by Crippen LogP contribution is -2.51.